The molecule has 1 heterocycles. The molecule has 5 heteroatoms. The molecule has 0 unspecified atom stereocenters. The van der Waals surface area contributed by atoms with E-state index in [-0.39, 0.29) is 6.42 Å². The predicted octanol–water partition coefficient (Wildman–Crippen LogP) is 3.74. The van der Waals surface area contributed by atoms with E-state index in [0.717, 1.165) is 17.0 Å². The van der Waals surface area contributed by atoms with Crippen LogP contribution in [0.3, 0.4) is 0 Å². The fourth-order valence-corrected chi connectivity index (χ4v) is 2.39. The Bertz CT molecular complexity index is 819. The first-order valence-corrected chi connectivity index (χ1v) is 6.31. The molecule has 0 saturated carbocycles. The van der Waals surface area contributed by atoms with E-state index in [1.54, 1.807) is 24.4 Å². The second-order valence-corrected chi connectivity index (χ2v) is 4.80. The van der Waals surface area contributed by atoms with Gasteiger partial charge in [-0.2, -0.15) is 0 Å². The lowest BCUT2D eigenvalue weighted by atomic mass is 10.0. The van der Waals surface area contributed by atoms with E-state index in [0.29, 0.717) is 16.7 Å². The number of rotatable bonds is 3. The van der Waals surface area contributed by atoms with E-state index in [1.807, 2.05) is 0 Å². The molecule has 21 heavy (non-hydrogen) atoms. The summed E-state index contributed by atoms with van der Waals surface area (Å²) in [6, 6.07) is 8.53. The zero-order chi connectivity index (χ0) is 15.0. The topological polar surface area (TPSA) is 53.1 Å². The molecule has 0 amide bonds. The van der Waals surface area contributed by atoms with Crippen molar-refractivity contribution in [2.75, 3.05) is 0 Å². The monoisotopic (exact) mass is 287 g/mol. The van der Waals surface area contributed by atoms with E-state index >= 15 is 0 Å². The molecule has 0 saturated heterocycles. The van der Waals surface area contributed by atoms with Gasteiger partial charge in [-0.25, -0.2) is 8.78 Å². The number of aromatic nitrogens is 1. The summed E-state index contributed by atoms with van der Waals surface area (Å²) in [5.74, 6) is -2.23. The Kier molecular flexibility index (Phi) is 3.17. The molecule has 0 fully saturated rings. The third-order valence-corrected chi connectivity index (χ3v) is 3.30. The van der Waals surface area contributed by atoms with Gasteiger partial charge in [-0.15, -0.1) is 0 Å². The first kappa shape index (κ1) is 13.3. The van der Waals surface area contributed by atoms with Gasteiger partial charge in [0, 0.05) is 23.2 Å². The second-order valence-electron chi connectivity index (χ2n) is 4.80. The molecule has 2 N–H and O–H groups in total. The molecule has 3 nitrogen and oxygen atoms in total. The van der Waals surface area contributed by atoms with E-state index in [1.165, 1.54) is 12.1 Å². The largest absolute Gasteiger partial charge is 0.481 e. The molecular formula is C16H11F2NO2. The minimum absolute atomic E-state index is 0.110. The number of hydrogen-bond acceptors (Lipinski definition) is 1. The Morgan fingerprint density at radius 3 is 2.43 bits per heavy atom. The van der Waals surface area contributed by atoms with Crippen LogP contribution in [-0.2, 0) is 11.2 Å². The Labute approximate surface area is 118 Å². The Morgan fingerprint density at radius 2 is 1.76 bits per heavy atom. The number of halogens is 2. The number of aromatic amines is 1. The van der Waals surface area contributed by atoms with Gasteiger partial charge in [-0.3, -0.25) is 4.79 Å². The summed E-state index contributed by atoms with van der Waals surface area (Å²) in [4.78, 5) is 13.8. The maximum Gasteiger partial charge on any atom is 0.307 e. The highest BCUT2D eigenvalue weighted by atomic mass is 19.1. The van der Waals surface area contributed by atoms with Crippen LogP contribution in [0, 0.1) is 11.6 Å². The molecule has 0 radical (unpaired) electrons. The summed E-state index contributed by atoms with van der Waals surface area (Å²) in [5, 5.41) is 9.63. The fourth-order valence-electron chi connectivity index (χ4n) is 2.39. The number of benzene rings is 2. The normalized spacial score (nSPS) is 11.0. The van der Waals surface area contributed by atoms with E-state index in [4.69, 9.17) is 5.11 Å². The lowest BCUT2D eigenvalue weighted by Gasteiger charge is -2.04. The molecular weight excluding hydrogens is 276 g/mol. The van der Waals surface area contributed by atoms with Crippen LogP contribution >= 0.6 is 0 Å². The molecule has 106 valence electrons. The maximum atomic E-state index is 13.3. The van der Waals surface area contributed by atoms with Crippen molar-refractivity contribution < 1.29 is 18.7 Å². The number of carboxylic acids is 1. The molecule has 0 aliphatic carbocycles. The second kappa shape index (κ2) is 5.01. The standard InChI is InChI=1S/C16H11F2NO2/c17-12-3-10(4-13(18)7-12)9-1-2-15-14(5-9)11(8-19-15)6-16(20)21/h1-5,7-8,19H,6H2,(H,20,21). The molecule has 0 aliphatic rings. The lowest BCUT2D eigenvalue weighted by molar-refractivity contribution is -0.136. The van der Waals surface area contributed by atoms with Crippen LogP contribution in [0.5, 0.6) is 0 Å². The third-order valence-electron chi connectivity index (χ3n) is 3.30. The van der Waals surface area contributed by atoms with Crippen molar-refractivity contribution >= 4 is 16.9 Å². The van der Waals surface area contributed by atoms with Crippen LogP contribution in [0.4, 0.5) is 8.78 Å². The highest BCUT2D eigenvalue weighted by Crippen LogP contribution is 2.27. The minimum atomic E-state index is -0.932. The number of fused-ring (bicyclic) bond motifs is 1. The Hall–Kier alpha value is -2.69. The molecule has 0 atom stereocenters. The lowest BCUT2D eigenvalue weighted by Crippen LogP contribution is -1.98. The number of aliphatic carboxylic acids is 1. The van der Waals surface area contributed by atoms with Crippen molar-refractivity contribution in [3.63, 3.8) is 0 Å². The molecule has 0 spiro atoms. The maximum absolute atomic E-state index is 13.3. The van der Waals surface area contributed by atoms with Crippen molar-refractivity contribution in [1.29, 1.82) is 0 Å². The van der Waals surface area contributed by atoms with Crippen LogP contribution in [0.25, 0.3) is 22.0 Å². The average molecular weight is 287 g/mol. The predicted molar refractivity (Wildman–Crippen MR) is 75.0 cm³/mol. The molecule has 3 aromatic rings. The highest BCUT2D eigenvalue weighted by Gasteiger charge is 2.10. The van der Waals surface area contributed by atoms with E-state index in [9.17, 15) is 13.6 Å². The van der Waals surface area contributed by atoms with Gasteiger partial charge < -0.3 is 10.1 Å². The van der Waals surface area contributed by atoms with Crippen molar-refractivity contribution in [3.8, 4) is 11.1 Å². The van der Waals surface area contributed by atoms with Crippen molar-refractivity contribution in [2.45, 2.75) is 6.42 Å². The van der Waals surface area contributed by atoms with Crippen LogP contribution in [0.1, 0.15) is 5.56 Å². The number of carboxylic acid groups (broad SMARTS) is 1. The SMILES string of the molecule is O=C(O)Cc1c[nH]c2ccc(-c3cc(F)cc(F)c3)cc12. The van der Waals surface area contributed by atoms with E-state index < -0.39 is 17.6 Å². The summed E-state index contributed by atoms with van der Waals surface area (Å²) < 4.78 is 26.6. The van der Waals surface area contributed by atoms with Gasteiger partial charge in [-0.1, -0.05) is 6.07 Å². The third kappa shape index (κ3) is 2.63. The number of carbonyl (C=O) groups is 1. The van der Waals surface area contributed by atoms with Crippen LogP contribution in [-0.4, -0.2) is 16.1 Å². The van der Waals surface area contributed by atoms with Crippen molar-refractivity contribution in [3.05, 3.63) is 59.8 Å². The van der Waals surface area contributed by atoms with E-state index in [2.05, 4.69) is 4.98 Å². The van der Waals surface area contributed by atoms with Gasteiger partial charge in [0.15, 0.2) is 0 Å². The van der Waals surface area contributed by atoms with Crippen LogP contribution < -0.4 is 0 Å². The summed E-state index contributed by atoms with van der Waals surface area (Å²) in [7, 11) is 0. The van der Waals surface area contributed by atoms with Crippen LogP contribution in [0.2, 0.25) is 0 Å². The summed E-state index contributed by atoms with van der Waals surface area (Å²) in [6.45, 7) is 0. The van der Waals surface area contributed by atoms with Gasteiger partial charge in [0.25, 0.3) is 0 Å². The average Bonchev–Trinajstić information content (AvgIpc) is 2.79. The molecule has 0 bridgehead atoms. The highest BCUT2D eigenvalue weighted by molar-refractivity contribution is 5.90. The smallest absolute Gasteiger partial charge is 0.307 e. The van der Waals surface area contributed by atoms with Crippen LogP contribution in [0.15, 0.2) is 42.6 Å². The summed E-state index contributed by atoms with van der Waals surface area (Å²) in [6.07, 6.45) is 1.52. The first-order chi connectivity index (χ1) is 10.0. The molecule has 0 aliphatic heterocycles. The number of nitrogens with one attached hydrogen (secondary N) is 1. The van der Waals surface area contributed by atoms with Gasteiger partial charge in [-0.05, 0) is 41.0 Å². The Morgan fingerprint density at radius 1 is 1.05 bits per heavy atom. The van der Waals surface area contributed by atoms with Crippen molar-refractivity contribution in [1.82, 2.24) is 4.98 Å². The zero-order valence-electron chi connectivity index (χ0n) is 10.9. The first-order valence-electron chi connectivity index (χ1n) is 6.31. The number of hydrogen-bond donors (Lipinski definition) is 2. The summed E-state index contributed by atoms with van der Waals surface area (Å²) >= 11 is 0. The quantitative estimate of drug-likeness (QED) is 0.771. The van der Waals surface area contributed by atoms with Crippen molar-refractivity contribution in [2.24, 2.45) is 0 Å². The Balaban J connectivity index is 2.13. The minimum Gasteiger partial charge on any atom is -0.481 e. The molecule has 3 rings (SSSR count). The summed E-state index contributed by atoms with van der Waals surface area (Å²) in [5.41, 5.74) is 2.46. The van der Waals surface area contributed by atoms with Gasteiger partial charge in [0.1, 0.15) is 11.6 Å². The fraction of sp³-hybridized carbons (Fsp3) is 0.0625. The van der Waals surface area contributed by atoms with Gasteiger partial charge in [0.2, 0.25) is 0 Å². The molecule has 2 aromatic carbocycles. The van der Waals surface area contributed by atoms with Gasteiger partial charge >= 0.3 is 5.97 Å². The zero-order valence-corrected chi connectivity index (χ0v) is 10.9. The number of H-pyrrole nitrogens is 1. The van der Waals surface area contributed by atoms with Gasteiger partial charge in [0.05, 0.1) is 6.42 Å². The molecule has 1 aromatic heterocycles.